The summed E-state index contributed by atoms with van der Waals surface area (Å²) < 4.78 is 24.6. The van der Waals surface area contributed by atoms with Gasteiger partial charge in [-0.3, -0.25) is 4.79 Å². The number of hydrogen-bond donors (Lipinski definition) is 1. The van der Waals surface area contributed by atoms with E-state index in [2.05, 4.69) is 4.98 Å². The minimum absolute atomic E-state index is 0.0109. The van der Waals surface area contributed by atoms with Crippen molar-refractivity contribution < 1.29 is 8.78 Å². The number of nitriles is 1. The normalized spacial score (nSPS) is 10.2. The third-order valence-corrected chi connectivity index (χ3v) is 2.76. The Balaban J connectivity index is 3.28. The van der Waals surface area contributed by atoms with Crippen LogP contribution in [0.4, 0.5) is 8.78 Å². The van der Waals surface area contributed by atoms with E-state index < -0.39 is 17.4 Å². The molecule has 0 unspecified atom stereocenters. The Hall–Kier alpha value is -0.970. The lowest BCUT2D eigenvalue weighted by molar-refractivity contribution is 0.149. The van der Waals surface area contributed by atoms with Crippen LogP contribution in [-0.2, 0) is 6.42 Å². The SMILES string of the molecule is N#CCc1[nH]cc(C(F)F)c(=O)c1I. The molecule has 0 aliphatic carbocycles. The highest BCUT2D eigenvalue weighted by molar-refractivity contribution is 14.1. The van der Waals surface area contributed by atoms with Gasteiger partial charge in [-0.15, -0.1) is 0 Å². The third kappa shape index (κ3) is 2.09. The summed E-state index contributed by atoms with van der Waals surface area (Å²) in [6.45, 7) is 0. The molecule has 1 rings (SSSR count). The van der Waals surface area contributed by atoms with E-state index in [0.717, 1.165) is 6.20 Å². The standard InChI is InChI=1S/C8H5F2IN2O/c9-8(10)4-3-13-5(1-2-12)6(11)7(4)14/h3,8H,1H2,(H,13,14). The quantitative estimate of drug-likeness (QED) is 0.849. The summed E-state index contributed by atoms with van der Waals surface area (Å²) in [6.07, 6.45) is -1.82. The van der Waals surface area contributed by atoms with Crippen molar-refractivity contribution in [3.63, 3.8) is 0 Å². The summed E-state index contributed by atoms with van der Waals surface area (Å²) in [5.41, 5.74) is -0.886. The molecule has 0 bridgehead atoms. The highest BCUT2D eigenvalue weighted by Gasteiger charge is 2.15. The van der Waals surface area contributed by atoms with Crippen LogP contribution in [0.25, 0.3) is 0 Å². The molecule has 0 saturated carbocycles. The average molecular weight is 310 g/mol. The fraction of sp³-hybridized carbons (Fsp3) is 0.250. The Morgan fingerprint density at radius 1 is 1.64 bits per heavy atom. The number of hydrogen-bond acceptors (Lipinski definition) is 2. The largest absolute Gasteiger partial charge is 0.363 e. The summed E-state index contributed by atoms with van der Waals surface area (Å²) in [5.74, 6) is 0. The predicted octanol–water partition coefficient (Wildman–Crippen LogP) is 1.98. The zero-order chi connectivity index (χ0) is 10.7. The van der Waals surface area contributed by atoms with Crippen molar-refractivity contribution in [1.29, 1.82) is 5.26 Å². The molecular weight excluding hydrogens is 305 g/mol. The molecule has 1 aromatic rings. The Bertz CT molecular complexity index is 436. The highest BCUT2D eigenvalue weighted by atomic mass is 127. The fourth-order valence-corrected chi connectivity index (χ4v) is 1.59. The summed E-state index contributed by atoms with van der Waals surface area (Å²) in [4.78, 5) is 13.8. The van der Waals surface area contributed by atoms with Gasteiger partial charge in [-0.05, 0) is 22.6 Å². The number of nitrogens with zero attached hydrogens (tertiary/aromatic N) is 1. The highest BCUT2D eigenvalue weighted by Crippen LogP contribution is 2.16. The van der Waals surface area contributed by atoms with Gasteiger partial charge in [-0.1, -0.05) is 0 Å². The van der Waals surface area contributed by atoms with Gasteiger partial charge in [0.05, 0.1) is 21.6 Å². The molecule has 0 aliphatic heterocycles. The molecule has 74 valence electrons. The van der Waals surface area contributed by atoms with E-state index in [1.807, 2.05) is 6.07 Å². The Morgan fingerprint density at radius 3 is 2.79 bits per heavy atom. The van der Waals surface area contributed by atoms with Gasteiger partial charge in [-0.25, -0.2) is 8.78 Å². The first-order valence-electron chi connectivity index (χ1n) is 3.63. The summed E-state index contributed by atoms with van der Waals surface area (Å²) in [5, 5.41) is 8.39. The number of alkyl halides is 2. The summed E-state index contributed by atoms with van der Waals surface area (Å²) in [7, 11) is 0. The van der Waals surface area contributed by atoms with Crippen LogP contribution < -0.4 is 5.43 Å². The molecule has 1 N–H and O–H groups in total. The molecule has 1 heterocycles. The molecule has 3 nitrogen and oxygen atoms in total. The molecule has 0 atom stereocenters. The molecular formula is C8H5F2IN2O. The number of pyridine rings is 1. The van der Waals surface area contributed by atoms with Gasteiger partial charge in [0.2, 0.25) is 5.43 Å². The predicted molar refractivity (Wildman–Crippen MR) is 54.1 cm³/mol. The Kier molecular flexibility index (Phi) is 3.57. The Morgan fingerprint density at radius 2 is 2.29 bits per heavy atom. The number of H-pyrrole nitrogens is 1. The summed E-state index contributed by atoms with van der Waals surface area (Å²) >= 11 is 1.66. The lowest BCUT2D eigenvalue weighted by Crippen LogP contribution is -2.16. The van der Waals surface area contributed by atoms with Crippen molar-refractivity contribution in [2.45, 2.75) is 12.8 Å². The second kappa shape index (κ2) is 4.50. The molecule has 1 aromatic heterocycles. The zero-order valence-electron chi connectivity index (χ0n) is 6.85. The van der Waals surface area contributed by atoms with E-state index in [1.54, 1.807) is 22.6 Å². The molecule has 0 saturated heterocycles. The van der Waals surface area contributed by atoms with E-state index >= 15 is 0 Å². The number of aromatic amines is 1. The number of aromatic nitrogens is 1. The van der Waals surface area contributed by atoms with Crippen molar-refractivity contribution in [2.75, 3.05) is 0 Å². The maximum Gasteiger partial charge on any atom is 0.269 e. The second-order valence-corrected chi connectivity index (χ2v) is 3.58. The van der Waals surface area contributed by atoms with Crippen LogP contribution in [-0.4, -0.2) is 4.98 Å². The molecule has 0 spiro atoms. The third-order valence-electron chi connectivity index (χ3n) is 1.62. The average Bonchev–Trinajstić information content (AvgIpc) is 2.13. The van der Waals surface area contributed by atoms with Gasteiger partial charge in [0.15, 0.2) is 0 Å². The molecule has 0 aromatic carbocycles. The van der Waals surface area contributed by atoms with Gasteiger partial charge < -0.3 is 4.98 Å². The van der Waals surface area contributed by atoms with Crippen molar-refractivity contribution in [3.8, 4) is 6.07 Å². The topological polar surface area (TPSA) is 56.6 Å². The van der Waals surface area contributed by atoms with Gasteiger partial charge in [0.25, 0.3) is 6.43 Å². The van der Waals surface area contributed by atoms with E-state index in [0.29, 0.717) is 5.69 Å². The van der Waals surface area contributed by atoms with Crippen molar-refractivity contribution in [1.82, 2.24) is 4.98 Å². The Labute approximate surface area is 91.9 Å². The lowest BCUT2D eigenvalue weighted by atomic mass is 10.2. The second-order valence-electron chi connectivity index (χ2n) is 2.50. The summed E-state index contributed by atoms with van der Waals surface area (Å²) in [6, 6.07) is 1.84. The van der Waals surface area contributed by atoms with Crippen LogP contribution in [0.15, 0.2) is 11.0 Å². The fourth-order valence-electron chi connectivity index (χ4n) is 0.927. The molecule has 14 heavy (non-hydrogen) atoms. The van der Waals surface area contributed by atoms with Gasteiger partial charge in [-0.2, -0.15) is 5.26 Å². The van der Waals surface area contributed by atoms with Gasteiger partial charge in [0.1, 0.15) is 0 Å². The van der Waals surface area contributed by atoms with E-state index in [4.69, 9.17) is 5.26 Å². The smallest absolute Gasteiger partial charge is 0.269 e. The van der Waals surface area contributed by atoms with Crippen LogP contribution in [0.5, 0.6) is 0 Å². The maximum absolute atomic E-state index is 12.2. The van der Waals surface area contributed by atoms with Crippen molar-refractivity contribution in [2.24, 2.45) is 0 Å². The van der Waals surface area contributed by atoms with E-state index in [-0.39, 0.29) is 9.99 Å². The number of rotatable bonds is 2. The van der Waals surface area contributed by atoms with E-state index in [9.17, 15) is 13.6 Å². The van der Waals surface area contributed by atoms with Crippen LogP contribution in [0, 0.1) is 14.9 Å². The first-order valence-corrected chi connectivity index (χ1v) is 4.71. The zero-order valence-corrected chi connectivity index (χ0v) is 9.01. The van der Waals surface area contributed by atoms with Crippen molar-refractivity contribution >= 4 is 22.6 Å². The van der Waals surface area contributed by atoms with Crippen LogP contribution in [0.2, 0.25) is 0 Å². The van der Waals surface area contributed by atoms with Crippen molar-refractivity contribution in [3.05, 3.63) is 31.2 Å². The lowest BCUT2D eigenvalue weighted by Gasteiger charge is -2.03. The molecule has 0 amide bonds. The van der Waals surface area contributed by atoms with E-state index in [1.165, 1.54) is 0 Å². The first kappa shape index (κ1) is 11.1. The van der Waals surface area contributed by atoms with Gasteiger partial charge >= 0.3 is 0 Å². The number of nitrogens with one attached hydrogen (secondary N) is 1. The van der Waals surface area contributed by atoms with Crippen LogP contribution >= 0.6 is 22.6 Å². The minimum atomic E-state index is -2.79. The van der Waals surface area contributed by atoms with Crippen LogP contribution in [0.3, 0.4) is 0 Å². The minimum Gasteiger partial charge on any atom is -0.363 e. The first-order chi connectivity index (χ1) is 6.57. The molecule has 0 fully saturated rings. The number of halogens is 3. The maximum atomic E-state index is 12.2. The monoisotopic (exact) mass is 310 g/mol. The molecule has 0 radical (unpaired) electrons. The molecule has 6 heteroatoms. The molecule has 0 aliphatic rings. The van der Waals surface area contributed by atoms with Crippen LogP contribution in [0.1, 0.15) is 17.7 Å². The van der Waals surface area contributed by atoms with Gasteiger partial charge in [0, 0.05) is 11.9 Å².